The zero-order valence-corrected chi connectivity index (χ0v) is 15.7. The second-order valence-corrected chi connectivity index (χ2v) is 6.93. The Bertz CT molecular complexity index is 952. The Hall–Kier alpha value is -1.70. The van der Waals surface area contributed by atoms with Gasteiger partial charge in [-0.2, -0.15) is 5.10 Å². The van der Waals surface area contributed by atoms with Crippen LogP contribution in [0.2, 0.25) is 5.02 Å². The molecule has 0 fully saturated rings. The van der Waals surface area contributed by atoms with Crippen molar-refractivity contribution in [3.05, 3.63) is 67.5 Å². The van der Waals surface area contributed by atoms with Crippen LogP contribution in [0.15, 0.2) is 54.9 Å². The molecular formula is C16H8Br2ClFN2O2. The highest BCUT2D eigenvalue weighted by Gasteiger charge is 2.14. The number of amides is 1. The van der Waals surface area contributed by atoms with Crippen molar-refractivity contribution < 1.29 is 13.6 Å². The molecule has 122 valence electrons. The van der Waals surface area contributed by atoms with Crippen LogP contribution in [0.5, 0.6) is 0 Å². The average Bonchev–Trinajstić information content (AvgIpc) is 2.94. The van der Waals surface area contributed by atoms with Gasteiger partial charge in [-0.15, -0.1) is 0 Å². The summed E-state index contributed by atoms with van der Waals surface area (Å²) in [4.78, 5) is 12.1. The van der Waals surface area contributed by atoms with Crippen molar-refractivity contribution in [2.75, 3.05) is 0 Å². The number of fused-ring (bicyclic) bond motifs is 1. The lowest BCUT2D eigenvalue weighted by molar-refractivity contribution is 0.0929. The van der Waals surface area contributed by atoms with Gasteiger partial charge in [-0.05, 0) is 46.3 Å². The molecule has 1 aromatic heterocycles. The molecule has 0 spiro atoms. The molecular weight excluding hydrogens is 466 g/mol. The van der Waals surface area contributed by atoms with Crippen molar-refractivity contribution >= 4 is 66.6 Å². The van der Waals surface area contributed by atoms with Crippen LogP contribution < -0.4 is 5.43 Å². The molecule has 0 saturated heterocycles. The number of carbonyl (C=O) groups is 1. The number of nitrogens with zero attached hydrogens (tertiary/aromatic N) is 1. The number of furan rings is 1. The normalized spacial score (nSPS) is 11.3. The van der Waals surface area contributed by atoms with Gasteiger partial charge in [0.15, 0.2) is 5.76 Å². The van der Waals surface area contributed by atoms with E-state index in [0.717, 1.165) is 16.1 Å². The molecule has 0 radical (unpaired) electrons. The smallest absolute Gasteiger partial charge is 0.307 e. The molecule has 0 unspecified atom stereocenters. The molecule has 1 N–H and O–H groups in total. The third-order valence-electron chi connectivity index (χ3n) is 3.12. The number of benzene rings is 2. The minimum Gasteiger partial charge on any atom is -0.450 e. The van der Waals surface area contributed by atoms with Crippen molar-refractivity contribution in [2.45, 2.75) is 0 Å². The van der Waals surface area contributed by atoms with Gasteiger partial charge in [-0.25, -0.2) is 9.82 Å². The molecule has 0 aliphatic carbocycles. The first-order valence-corrected chi connectivity index (χ1v) is 8.58. The van der Waals surface area contributed by atoms with Crippen LogP contribution in [0.3, 0.4) is 0 Å². The summed E-state index contributed by atoms with van der Waals surface area (Å²) >= 11 is 12.6. The lowest BCUT2D eigenvalue weighted by Crippen LogP contribution is -2.16. The second kappa shape index (κ2) is 7.04. The maximum atomic E-state index is 13.6. The Balaban J connectivity index is 1.80. The zero-order valence-electron chi connectivity index (χ0n) is 11.8. The topological polar surface area (TPSA) is 54.6 Å². The average molecular weight is 475 g/mol. The summed E-state index contributed by atoms with van der Waals surface area (Å²) in [6.45, 7) is 0. The number of rotatable bonds is 3. The van der Waals surface area contributed by atoms with Crippen LogP contribution in [0.25, 0.3) is 11.0 Å². The Kier molecular flexibility index (Phi) is 5.03. The van der Waals surface area contributed by atoms with Crippen molar-refractivity contribution in [1.82, 2.24) is 5.43 Å². The van der Waals surface area contributed by atoms with Gasteiger partial charge in [0.25, 0.3) is 0 Å². The summed E-state index contributed by atoms with van der Waals surface area (Å²) in [5, 5.41) is 4.67. The first-order chi connectivity index (χ1) is 11.5. The molecule has 4 nitrogen and oxygen atoms in total. The minimum atomic E-state index is -0.557. The van der Waals surface area contributed by atoms with Crippen LogP contribution in [-0.2, 0) is 0 Å². The van der Waals surface area contributed by atoms with Crippen molar-refractivity contribution in [2.24, 2.45) is 5.10 Å². The predicted molar refractivity (Wildman–Crippen MR) is 98.1 cm³/mol. The van der Waals surface area contributed by atoms with Crippen LogP contribution in [0.1, 0.15) is 16.1 Å². The molecule has 0 saturated carbocycles. The van der Waals surface area contributed by atoms with Gasteiger partial charge in [0, 0.05) is 15.4 Å². The molecule has 24 heavy (non-hydrogen) atoms. The third-order valence-corrected chi connectivity index (χ3v) is 4.50. The summed E-state index contributed by atoms with van der Waals surface area (Å²) in [5.74, 6) is -1.00. The van der Waals surface area contributed by atoms with Crippen LogP contribution in [0.4, 0.5) is 4.39 Å². The van der Waals surface area contributed by atoms with Crippen LogP contribution in [0, 0.1) is 5.82 Å². The highest BCUT2D eigenvalue weighted by molar-refractivity contribution is 9.11. The Morgan fingerprint density at radius 3 is 2.83 bits per heavy atom. The Morgan fingerprint density at radius 2 is 2.08 bits per heavy atom. The lowest BCUT2D eigenvalue weighted by Gasteiger charge is -1.99. The summed E-state index contributed by atoms with van der Waals surface area (Å²) in [6.07, 6.45) is 1.14. The van der Waals surface area contributed by atoms with E-state index in [-0.39, 0.29) is 16.3 Å². The van der Waals surface area contributed by atoms with Gasteiger partial charge >= 0.3 is 5.91 Å². The van der Waals surface area contributed by atoms with E-state index in [0.29, 0.717) is 10.1 Å². The van der Waals surface area contributed by atoms with Crippen molar-refractivity contribution in [3.63, 3.8) is 0 Å². The van der Waals surface area contributed by atoms with E-state index in [9.17, 15) is 9.18 Å². The number of halogens is 4. The molecule has 8 heteroatoms. The fourth-order valence-electron chi connectivity index (χ4n) is 2.03. The number of hydrazone groups is 1. The summed E-state index contributed by atoms with van der Waals surface area (Å²) < 4.78 is 20.7. The zero-order chi connectivity index (χ0) is 17.3. The third kappa shape index (κ3) is 3.53. The first-order valence-electron chi connectivity index (χ1n) is 6.61. The summed E-state index contributed by atoms with van der Waals surface area (Å²) in [7, 11) is 0. The maximum Gasteiger partial charge on any atom is 0.307 e. The van der Waals surface area contributed by atoms with E-state index in [2.05, 4.69) is 42.4 Å². The van der Waals surface area contributed by atoms with E-state index in [4.69, 9.17) is 16.0 Å². The molecule has 0 aliphatic rings. The van der Waals surface area contributed by atoms with Gasteiger partial charge in [0.2, 0.25) is 0 Å². The fraction of sp³-hybridized carbons (Fsp3) is 0. The molecule has 0 aliphatic heterocycles. The van der Waals surface area contributed by atoms with Gasteiger partial charge in [0.05, 0.1) is 15.7 Å². The monoisotopic (exact) mass is 472 g/mol. The van der Waals surface area contributed by atoms with Gasteiger partial charge in [-0.1, -0.05) is 33.6 Å². The minimum absolute atomic E-state index is 0.0839. The molecule has 1 amide bonds. The molecule has 3 aromatic rings. The lowest BCUT2D eigenvalue weighted by atomic mass is 10.2. The Morgan fingerprint density at radius 1 is 1.29 bits per heavy atom. The van der Waals surface area contributed by atoms with E-state index in [1.165, 1.54) is 18.2 Å². The highest BCUT2D eigenvalue weighted by Crippen LogP contribution is 2.30. The van der Waals surface area contributed by atoms with Gasteiger partial charge in [0.1, 0.15) is 11.4 Å². The summed E-state index contributed by atoms with van der Waals surface area (Å²) in [5.41, 5.74) is 2.92. The number of hydrogen-bond acceptors (Lipinski definition) is 3. The van der Waals surface area contributed by atoms with Gasteiger partial charge in [-0.3, -0.25) is 4.79 Å². The standard InChI is InChI=1S/C16H8Br2ClFN2O2/c17-9-4-8-5-14(24-15(8)11(18)6-9)16(23)22-21-7-10-12(19)2-1-3-13(10)20/h1-7H,(H,22,23)/b21-7-. The SMILES string of the molecule is O=C(N/N=C\c1c(F)cccc1Cl)c1cc2cc(Br)cc(Br)c2o1. The van der Waals surface area contributed by atoms with Gasteiger partial charge < -0.3 is 4.42 Å². The van der Waals surface area contributed by atoms with E-state index >= 15 is 0 Å². The van der Waals surface area contributed by atoms with E-state index < -0.39 is 11.7 Å². The predicted octanol–water partition coefficient (Wildman–Crippen LogP) is 5.51. The molecule has 1 heterocycles. The maximum absolute atomic E-state index is 13.6. The molecule has 2 aromatic carbocycles. The summed E-state index contributed by atoms with van der Waals surface area (Å²) in [6, 6.07) is 9.49. The number of nitrogens with one attached hydrogen (secondary N) is 1. The largest absolute Gasteiger partial charge is 0.450 e. The molecule has 0 bridgehead atoms. The quantitative estimate of drug-likeness (QED) is 0.402. The number of hydrogen-bond donors (Lipinski definition) is 1. The first kappa shape index (κ1) is 17.1. The van der Waals surface area contributed by atoms with Crippen LogP contribution in [-0.4, -0.2) is 12.1 Å². The number of carbonyl (C=O) groups excluding carboxylic acids is 1. The highest BCUT2D eigenvalue weighted by atomic mass is 79.9. The fourth-order valence-corrected chi connectivity index (χ4v) is 3.58. The molecule has 3 rings (SSSR count). The second-order valence-electron chi connectivity index (χ2n) is 4.75. The van der Waals surface area contributed by atoms with E-state index in [1.54, 1.807) is 6.07 Å². The van der Waals surface area contributed by atoms with Crippen LogP contribution >= 0.6 is 43.5 Å². The van der Waals surface area contributed by atoms with Crippen molar-refractivity contribution in [1.29, 1.82) is 0 Å². The molecule has 0 atom stereocenters. The van der Waals surface area contributed by atoms with Crippen molar-refractivity contribution in [3.8, 4) is 0 Å². The Labute approximate surface area is 157 Å². The van der Waals surface area contributed by atoms with E-state index in [1.807, 2.05) is 12.1 Å².